The summed E-state index contributed by atoms with van der Waals surface area (Å²) in [5.74, 6) is 0.232. The van der Waals surface area contributed by atoms with Gasteiger partial charge in [0.05, 0.1) is 6.33 Å². The van der Waals surface area contributed by atoms with Gasteiger partial charge in [0, 0.05) is 17.8 Å². The topological polar surface area (TPSA) is 103 Å². The molecule has 3 aromatic rings. The summed E-state index contributed by atoms with van der Waals surface area (Å²) in [5, 5.41) is 7.43. The number of anilines is 1. The van der Waals surface area contributed by atoms with Crippen LogP contribution in [0, 0.1) is 0 Å². The molecule has 0 aliphatic carbocycles. The number of nitrogens with zero attached hydrogens (tertiary/aromatic N) is 4. The Morgan fingerprint density at radius 1 is 1.17 bits per heavy atom. The highest BCUT2D eigenvalue weighted by molar-refractivity contribution is 7.92. The highest BCUT2D eigenvalue weighted by Crippen LogP contribution is 2.21. The zero-order valence-corrected chi connectivity index (χ0v) is 13.4. The maximum absolute atomic E-state index is 12.3. The lowest BCUT2D eigenvalue weighted by Gasteiger charge is -2.04. The van der Waals surface area contributed by atoms with E-state index < -0.39 is 10.0 Å². The van der Waals surface area contributed by atoms with Crippen molar-refractivity contribution < 1.29 is 12.8 Å². The Morgan fingerprint density at radius 2 is 1.91 bits per heavy atom. The van der Waals surface area contributed by atoms with Crippen LogP contribution >= 0.6 is 0 Å². The van der Waals surface area contributed by atoms with Crippen molar-refractivity contribution in [2.24, 2.45) is 0 Å². The van der Waals surface area contributed by atoms with Crippen LogP contribution in [0.5, 0.6) is 0 Å². The molecule has 2 aromatic heterocycles. The fraction of sp³-hybridized carbons (Fsp3) is 0.214. The first-order valence-corrected chi connectivity index (χ1v) is 8.39. The normalized spacial score (nSPS) is 11.8. The van der Waals surface area contributed by atoms with Gasteiger partial charge in [-0.25, -0.2) is 9.71 Å². The zero-order chi connectivity index (χ0) is 16.4. The summed E-state index contributed by atoms with van der Waals surface area (Å²) in [6, 6.07) is 8.98. The van der Waals surface area contributed by atoms with Gasteiger partial charge in [-0.3, -0.25) is 0 Å². The Hall–Kier alpha value is -2.68. The number of imidazole rings is 1. The van der Waals surface area contributed by atoms with E-state index in [0.717, 1.165) is 0 Å². The smallest absolute Gasteiger partial charge is 0.330 e. The number of aromatic nitrogens is 4. The number of sulfonamides is 1. The van der Waals surface area contributed by atoms with Crippen molar-refractivity contribution in [3.8, 4) is 11.5 Å². The van der Waals surface area contributed by atoms with E-state index in [0.29, 0.717) is 5.56 Å². The average molecular weight is 333 g/mol. The maximum Gasteiger partial charge on any atom is 0.330 e. The summed E-state index contributed by atoms with van der Waals surface area (Å²) in [4.78, 5) is 3.89. The third-order valence-electron chi connectivity index (χ3n) is 3.12. The van der Waals surface area contributed by atoms with E-state index in [2.05, 4.69) is 19.9 Å². The highest BCUT2D eigenvalue weighted by atomic mass is 32.2. The predicted octanol–water partition coefficient (Wildman–Crippen LogP) is 2.31. The van der Waals surface area contributed by atoms with Crippen LogP contribution in [0.4, 0.5) is 6.01 Å². The first kappa shape index (κ1) is 15.2. The molecule has 0 radical (unpaired) electrons. The Morgan fingerprint density at radius 3 is 2.57 bits per heavy atom. The first-order valence-electron chi connectivity index (χ1n) is 6.91. The molecule has 0 aliphatic heterocycles. The van der Waals surface area contributed by atoms with Crippen LogP contribution in [0.25, 0.3) is 11.5 Å². The van der Waals surface area contributed by atoms with Crippen molar-refractivity contribution in [2.45, 2.75) is 24.9 Å². The van der Waals surface area contributed by atoms with Gasteiger partial charge in [0.25, 0.3) is 10.0 Å². The number of nitrogens with one attached hydrogen (secondary N) is 1. The van der Waals surface area contributed by atoms with Crippen molar-refractivity contribution in [1.29, 1.82) is 0 Å². The molecule has 3 rings (SSSR count). The minimum atomic E-state index is -3.87. The van der Waals surface area contributed by atoms with Crippen LogP contribution in [0.15, 0.2) is 52.3 Å². The summed E-state index contributed by atoms with van der Waals surface area (Å²) in [7, 11) is -3.87. The van der Waals surface area contributed by atoms with Crippen molar-refractivity contribution in [3.63, 3.8) is 0 Å². The van der Waals surface area contributed by atoms with Crippen molar-refractivity contribution in [1.82, 2.24) is 19.7 Å². The lowest BCUT2D eigenvalue weighted by molar-refractivity contribution is 0.575. The van der Waals surface area contributed by atoms with E-state index >= 15 is 0 Å². The number of hydrogen-bond donors (Lipinski definition) is 1. The van der Waals surface area contributed by atoms with Gasteiger partial charge in [0.2, 0.25) is 5.89 Å². The van der Waals surface area contributed by atoms with Gasteiger partial charge in [-0.1, -0.05) is 23.3 Å². The number of rotatable bonds is 5. The average Bonchev–Trinajstić information content (AvgIpc) is 3.17. The molecule has 0 amide bonds. The standard InChI is InChI=1S/C14H15N5O3S/c1-10(2)19-8-12(15-9-19)23(20,21)18-14-17-16-13(22-14)11-6-4-3-5-7-11/h3-10H,1-2H3,(H,17,18). The first-order chi connectivity index (χ1) is 11.0. The molecule has 0 saturated heterocycles. The van der Waals surface area contributed by atoms with Crippen LogP contribution in [-0.4, -0.2) is 28.2 Å². The van der Waals surface area contributed by atoms with Crippen LogP contribution in [0.3, 0.4) is 0 Å². The predicted molar refractivity (Wildman–Crippen MR) is 83.2 cm³/mol. The zero-order valence-electron chi connectivity index (χ0n) is 12.5. The largest absolute Gasteiger partial charge is 0.403 e. The molecule has 0 fully saturated rings. The second-order valence-corrected chi connectivity index (χ2v) is 6.77. The van der Waals surface area contributed by atoms with E-state index in [1.54, 1.807) is 16.7 Å². The van der Waals surface area contributed by atoms with Crippen molar-refractivity contribution >= 4 is 16.0 Å². The molecule has 0 spiro atoms. The van der Waals surface area contributed by atoms with Crippen LogP contribution in [0.1, 0.15) is 19.9 Å². The van der Waals surface area contributed by atoms with Crippen molar-refractivity contribution in [3.05, 3.63) is 42.9 Å². The molecule has 120 valence electrons. The van der Waals surface area contributed by atoms with Crippen LogP contribution < -0.4 is 4.72 Å². The van der Waals surface area contributed by atoms with Crippen LogP contribution in [0.2, 0.25) is 0 Å². The number of benzene rings is 1. The molecule has 23 heavy (non-hydrogen) atoms. The molecule has 0 unspecified atom stereocenters. The number of hydrogen-bond acceptors (Lipinski definition) is 6. The monoisotopic (exact) mass is 333 g/mol. The molecule has 1 N–H and O–H groups in total. The summed E-state index contributed by atoms with van der Waals surface area (Å²) in [5.41, 5.74) is 0.703. The molecule has 0 saturated carbocycles. The molecule has 2 heterocycles. The maximum atomic E-state index is 12.3. The van der Waals surface area contributed by atoms with Gasteiger partial charge < -0.3 is 8.98 Å². The molecule has 0 aliphatic rings. The minimum Gasteiger partial charge on any atom is -0.403 e. The Bertz CT molecular complexity index is 899. The van der Waals surface area contributed by atoms with Crippen LogP contribution in [-0.2, 0) is 10.0 Å². The molecular formula is C14H15N5O3S. The molecule has 1 aromatic carbocycles. The van der Waals surface area contributed by atoms with E-state index in [1.165, 1.54) is 12.5 Å². The summed E-state index contributed by atoms with van der Waals surface area (Å²) >= 11 is 0. The summed E-state index contributed by atoms with van der Waals surface area (Å²) in [6.07, 6.45) is 2.91. The second-order valence-electron chi connectivity index (χ2n) is 5.14. The van der Waals surface area contributed by atoms with Gasteiger partial charge >= 0.3 is 6.01 Å². The van der Waals surface area contributed by atoms with E-state index in [9.17, 15) is 8.42 Å². The van der Waals surface area contributed by atoms with Crippen molar-refractivity contribution in [2.75, 3.05) is 4.72 Å². The molecule has 0 atom stereocenters. The summed E-state index contributed by atoms with van der Waals surface area (Å²) < 4.78 is 33.8. The van der Waals surface area contributed by atoms with E-state index in [4.69, 9.17) is 4.42 Å². The minimum absolute atomic E-state index is 0.106. The van der Waals surface area contributed by atoms with E-state index in [1.807, 2.05) is 32.0 Å². The lowest BCUT2D eigenvalue weighted by Crippen LogP contribution is -2.13. The third-order valence-corrected chi connectivity index (χ3v) is 4.32. The lowest BCUT2D eigenvalue weighted by atomic mass is 10.2. The Balaban J connectivity index is 1.82. The Labute approximate surface area is 133 Å². The van der Waals surface area contributed by atoms with E-state index in [-0.39, 0.29) is 23.0 Å². The van der Waals surface area contributed by atoms with Gasteiger partial charge in [-0.05, 0) is 26.0 Å². The van der Waals surface area contributed by atoms with Gasteiger partial charge in [-0.2, -0.15) is 8.42 Å². The third kappa shape index (κ3) is 3.24. The summed E-state index contributed by atoms with van der Waals surface area (Å²) in [6.45, 7) is 3.85. The second kappa shape index (κ2) is 5.84. The van der Waals surface area contributed by atoms with Gasteiger partial charge in [0.15, 0.2) is 5.03 Å². The molecule has 9 heteroatoms. The molecule has 0 bridgehead atoms. The van der Waals surface area contributed by atoms with Gasteiger partial charge in [-0.15, -0.1) is 5.10 Å². The Kier molecular flexibility index (Phi) is 3.87. The SMILES string of the molecule is CC(C)n1cnc(S(=O)(=O)Nc2nnc(-c3ccccc3)o2)c1. The fourth-order valence-corrected chi connectivity index (χ4v) is 2.73. The van der Waals surface area contributed by atoms with Gasteiger partial charge in [0.1, 0.15) is 0 Å². The molecule has 8 nitrogen and oxygen atoms in total. The highest BCUT2D eigenvalue weighted by Gasteiger charge is 2.21. The molecular weight excluding hydrogens is 318 g/mol. The quantitative estimate of drug-likeness (QED) is 0.768. The fourth-order valence-electron chi connectivity index (χ4n) is 1.87.